The molecule has 1 saturated heterocycles. The lowest BCUT2D eigenvalue weighted by Gasteiger charge is -2.41. The Hall–Kier alpha value is 0.180. The second-order valence-electron chi connectivity index (χ2n) is 4.56. The largest absolute Gasteiger partial charge is 0.303 e. The van der Waals surface area contributed by atoms with E-state index in [0.29, 0.717) is 6.42 Å². The average Bonchev–Trinajstić information content (AvgIpc) is 2.07. The first-order valence-corrected chi connectivity index (χ1v) is 5.42. The quantitative estimate of drug-likeness (QED) is 0.644. The summed E-state index contributed by atoms with van der Waals surface area (Å²) in [6, 6.07) is 0. The van der Waals surface area contributed by atoms with Crippen molar-refractivity contribution in [3.05, 3.63) is 0 Å². The second-order valence-corrected chi connectivity index (χ2v) is 5.09. The van der Waals surface area contributed by atoms with Crippen molar-refractivity contribution >= 4 is 11.6 Å². The zero-order valence-electron chi connectivity index (χ0n) is 8.52. The van der Waals surface area contributed by atoms with Crippen LogP contribution in [0.4, 0.5) is 4.39 Å². The molecule has 1 aliphatic rings. The van der Waals surface area contributed by atoms with Crippen LogP contribution in [0.25, 0.3) is 0 Å². The molecule has 1 heterocycles. The minimum absolute atomic E-state index is 0.177. The Bertz CT molecular complexity index is 159. The zero-order valence-corrected chi connectivity index (χ0v) is 9.28. The second kappa shape index (κ2) is 4.61. The third-order valence-electron chi connectivity index (χ3n) is 2.79. The van der Waals surface area contributed by atoms with Gasteiger partial charge in [-0.2, -0.15) is 0 Å². The van der Waals surface area contributed by atoms with Crippen LogP contribution in [0.1, 0.15) is 26.7 Å². The lowest BCUT2D eigenvalue weighted by molar-refractivity contribution is 0.119. The molecule has 0 radical (unpaired) electrons. The van der Waals surface area contributed by atoms with E-state index in [-0.39, 0.29) is 17.5 Å². The topological polar surface area (TPSA) is 3.24 Å². The van der Waals surface area contributed by atoms with E-state index in [1.165, 1.54) is 0 Å². The van der Waals surface area contributed by atoms with Crippen molar-refractivity contribution in [2.24, 2.45) is 5.41 Å². The summed E-state index contributed by atoms with van der Waals surface area (Å²) in [4.78, 5) is 2.32. The van der Waals surface area contributed by atoms with Crippen molar-refractivity contribution in [2.45, 2.75) is 32.1 Å². The molecule has 1 unspecified atom stereocenters. The third-order valence-corrected chi connectivity index (χ3v) is 3.59. The summed E-state index contributed by atoms with van der Waals surface area (Å²) in [5, 5.41) is 0.272. The zero-order chi connectivity index (χ0) is 9.90. The lowest BCUT2D eigenvalue weighted by atomic mass is 9.83. The van der Waals surface area contributed by atoms with Crippen LogP contribution in [0.15, 0.2) is 0 Å². The van der Waals surface area contributed by atoms with Gasteiger partial charge in [0.2, 0.25) is 0 Å². The summed E-state index contributed by atoms with van der Waals surface area (Å²) in [5.74, 6) is 0. The Morgan fingerprint density at radius 1 is 1.54 bits per heavy atom. The van der Waals surface area contributed by atoms with Crippen molar-refractivity contribution in [2.75, 3.05) is 26.3 Å². The first-order valence-electron chi connectivity index (χ1n) is 4.98. The highest BCUT2D eigenvalue weighted by molar-refractivity contribution is 6.21. The third kappa shape index (κ3) is 3.10. The highest BCUT2D eigenvalue weighted by Gasteiger charge is 2.33. The van der Waals surface area contributed by atoms with E-state index >= 15 is 0 Å². The van der Waals surface area contributed by atoms with Gasteiger partial charge >= 0.3 is 0 Å². The summed E-state index contributed by atoms with van der Waals surface area (Å²) in [5.41, 5.74) is 0.177. The van der Waals surface area contributed by atoms with Gasteiger partial charge in [0.25, 0.3) is 0 Å². The van der Waals surface area contributed by atoms with Crippen LogP contribution in [0, 0.1) is 5.41 Å². The van der Waals surface area contributed by atoms with E-state index in [2.05, 4.69) is 18.7 Å². The van der Waals surface area contributed by atoms with Crippen LogP contribution < -0.4 is 0 Å². The highest BCUT2D eigenvalue weighted by Crippen LogP contribution is 2.33. The van der Waals surface area contributed by atoms with Crippen LogP contribution in [0.2, 0.25) is 0 Å². The van der Waals surface area contributed by atoms with Gasteiger partial charge in [0.15, 0.2) is 0 Å². The van der Waals surface area contributed by atoms with Crippen molar-refractivity contribution in [3.8, 4) is 0 Å². The Morgan fingerprint density at radius 3 is 2.77 bits per heavy atom. The van der Waals surface area contributed by atoms with Gasteiger partial charge in [0.1, 0.15) is 0 Å². The monoisotopic (exact) mass is 207 g/mol. The fraction of sp³-hybridized carbons (Fsp3) is 1.00. The minimum atomic E-state index is -0.207. The van der Waals surface area contributed by atoms with Crippen LogP contribution in [-0.4, -0.2) is 36.6 Å². The number of hydrogen-bond donors (Lipinski definition) is 0. The Kier molecular flexibility index (Phi) is 3.99. The molecule has 1 atom stereocenters. The van der Waals surface area contributed by atoms with Crippen molar-refractivity contribution in [1.29, 1.82) is 0 Å². The van der Waals surface area contributed by atoms with Gasteiger partial charge in [-0.1, -0.05) is 13.8 Å². The number of nitrogens with zero attached hydrogens (tertiary/aromatic N) is 1. The molecule has 3 heteroatoms. The molecule has 0 aromatic heterocycles. The van der Waals surface area contributed by atoms with E-state index in [0.717, 1.165) is 26.1 Å². The van der Waals surface area contributed by atoms with Crippen LogP contribution in [0.5, 0.6) is 0 Å². The summed E-state index contributed by atoms with van der Waals surface area (Å²) in [7, 11) is 0. The van der Waals surface area contributed by atoms with Gasteiger partial charge in [0, 0.05) is 18.5 Å². The van der Waals surface area contributed by atoms with Crippen LogP contribution in [0.3, 0.4) is 0 Å². The molecule has 1 fully saturated rings. The van der Waals surface area contributed by atoms with E-state index in [1.54, 1.807) is 0 Å². The first-order chi connectivity index (χ1) is 6.06. The summed E-state index contributed by atoms with van der Waals surface area (Å²) in [6.07, 6.45) is 1.68. The molecular formula is C10H19ClFN. The normalized spacial score (nSPS) is 29.1. The van der Waals surface area contributed by atoms with Gasteiger partial charge in [-0.05, 0) is 24.8 Å². The van der Waals surface area contributed by atoms with Gasteiger partial charge in [-0.3, -0.25) is 4.39 Å². The molecule has 13 heavy (non-hydrogen) atoms. The summed E-state index contributed by atoms with van der Waals surface area (Å²) in [6.45, 7) is 7.07. The predicted octanol–water partition coefficient (Wildman–Crippen LogP) is 2.69. The summed E-state index contributed by atoms with van der Waals surface area (Å²) >= 11 is 6.21. The van der Waals surface area contributed by atoms with Crippen molar-refractivity contribution < 1.29 is 4.39 Å². The molecule has 78 valence electrons. The minimum Gasteiger partial charge on any atom is -0.303 e. The molecule has 0 saturated carbocycles. The van der Waals surface area contributed by atoms with Crippen LogP contribution >= 0.6 is 11.6 Å². The Labute approximate surface area is 85.2 Å². The van der Waals surface area contributed by atoms with E-state index in [9.17, 15) is 4.39 Å². The van der Waals surface area contributed by atoms with E-state index < -0.39 is 0 Å². The van der Waals surface area contributed by atoms with Crippen molar-refractivity contribution in [3.63, 3.8) is 0 Å². The number of rotatable bonds is 3. The number of likely N-dealkylation sites (tertiary alicyclic amines) is 1. The SMILES string of the molecule is CC1(C)CN(CCCF)CCC1Cl. The maximum Gasteiger partial charge on any atom is 0.0906 e. The highest BCUT2D eigenvalue weighted by atomic mass is 35.5. The molecule has 1 aliphatic heterocycles. The number of halogens is 2. The molecule has 1 nitrogen and oxygen atoms in total. The average molecular weight is 208 g/mol. The molecular weight excluding hydrogens is 189 g/mol. The number of hydrogen-bond acceptors (Lipinski definition) is 1. The van der Waals surface area contributed by atoms with Gasteiger partial charge in [-0.25, -0.2) is 0 Å². The van der Waals surface area contributed by atoms with E-state index in [4.69, 9.17) is 11.6 Å². The fourth-order valence-corrected chi connectivity index (χ4v) is 2.08. The number of piperidine rings is 1. The smallest absolute Gasteiger partial charge is 0.0906 e. The van der Waals surface area contributed by atoms with Crippen molar-refractivity contribution in [1.82, 2.24) is 4.90 Å². The Balaban J connectivity index is 2.37. The molecule has 1 rings (SSSR count). The number of alkyl halides is 2. The van der Waals surface area contributed by atoms with Gasteiger partial charge in [0.05, 0.1) is 6.67 Å². The first kappa shape index (κ1) is 11.3. The molecule has 0 aliphatic carbocycles. The standard InChI is InChI=1S/C10H19ClFN/c1-10(2)8-13(6-3-5-12)7-4-9(10)11/h9H,3-8H2,1-2H3. The fourth-order valence-electron chi connectivity index (χ4n) is 1.92. The molecule has 0 spiro atoms. The molecule has 0 aromatic carbocycles. The molecule has 0 amide bonds. The maximum atomic E-state index is 12.0. The predicted molar refractivity (Wildman–Crippen MR) is 55.1 cm³/mol. The molecule has 0 bridgehead atoms. The lowest BCUT2D eigenvalue weighted by Crippen LogP contribution is -2.46. The molecule has 0 aromatic rings. The van der Waals surface area contributed by atoms with E-state index in [1.807, 2.05) is 0 Å². The van der Waals surface area contributed by atoms with Gasteiger partial charge < -0.3 is 4.90 Å². The Morgan fingerprint density at radius 2 is 2.23 bits per heavy atom. The molecule has 0 N–H and O–H groups in total. The van der Waals surface area contributed by atoms with Crippen LogP contribution in [-0.2, 0) is 0 Å². The maximum absolute atomic E-state index is 12.0. The van der Waals surface area contributed by atoms with Gasteiger partial charge in [-0.15, -0.1) is 11.6 Å². The summed E-state index contributed by atoms with van der Waals surface area (Å²) < 4.78 is 12.0.